The van der Waals surface area contributed by atoms with E-state index < -0.39 is 0 Å². The predicted molar refractivity (Wildman–Crippen MR) is 29.5 cm³/mol. The Kier molecular flexibility index (Phi) is 1.20. The van der Waals surface area contributed by atoms with Gasteiger partial charge in [0.2, 0.25) is 0 Å². The molecule has 0 aromatic carbocycles. The van der Waals surface area contributed by atoms with E-state index in [4.69, 9.17) is 7.85 Å². The van der Waals surface area contributed by atoms with Crippen molar-refractivity contribution in [3.05, 3.63) is 18.1 Å². The maximum atomic E-state index is 9.87. The smallest absolute Gasteiger partial charge is 0.185 e. The van der Waals surface area contributed by atoms with E-state index in [1.165, 1.54) is 12.3 Å². The van der Waals surface area contributed by atoms with Gasteiger partial charge in [0.1, 0.15) is 7.85 Å². The van der Waals surface area contributed by atoms with Gasteiger partial charge in [0.05, 0.1) is 6.26 Å². The van der Waals surface area contributed by atoms with Gasteiger partial charge in [0.25, 0.3) is 0 Å². The summed E-state index contributed by atoms with van der Waals surface area (Å²) in [5.41, 5.74) is 0.479. The van der Waals surface area contributed by atoms with Crippen molar-refractivity contribution in [2.45, 2.75) is 0 Å². The van der Waals surface area contributed by atoms with Crippen LogP contribution in [0.5, 0.6) is 0 Å². The van der Waals surface area contributed by atoms with Crippen molar-refractivity contribution in [2.75, 3.05) is 0 Å². The average Bonchev–Trinajstić information content (AvgIpc) is 2.14. The summed E-state index contributed by atoms with van der Waals surface area (Å²) in [6.45, 7) is 0. The second-order valence-electron chi connectivity index (χ2n) is 1.40. The molecule has 2 nitrogen and oxygen atoms in total. The predicted octanol–water partition coefficient (Wildman–Crippen LogP) is -0.114. The maximum absolute atomic E-state index is 9.87. The molecule has 0 aliphatic heterocycles. The minimum Gasteiger partial charge on any atom is -0.462 e. The summed E-state index contributed by atoms with van der Waals surface area (Å²) < 4.78 is 4.62. The molecule has 1 aromatic heterocycles. The minimum atomic E-state index is 0.266. The van der Waals surface area contributed by atoms with E-state index in [0.29, 0.717) is 11.7 Å². The number of carbonyl (C=O) groups excluding carboxylic acids is 1. The molecule has 38 valence electrons. The lowest BCUT2D eigenvalue weighted by Gasteiger charge is -1.69. The fourth-order valence-corrected chi connectivity index (χ4v) is 0.430. The third kappa shape index (κ3) is 0.806. The third-order valence-electron chi connectivity index (χ3n) is 0.756. The average molecular weight is 106 g/mol. The molecule has 0 saturated carbocycles. The highest BCUT2D eigenvalue weighted by molar-refractivity contribution is 6.32. The van der Waals surface area contributed by atoms with Crippen LogP contribution in [0.3, 0.4) is 0 Å². The Morgan fingerprint density at radius 2 is 2.50 bits per heavy atom. The zero-order chi connectivity index (χ0) is 5.98. The molecule has 0 atom stereocenters. The van der Waals surface area contributed by atoms with Gasteiger partial charge in [-0.1, -0.05) is 5.46 Å². The third-order valence-corrected chi connectivity index (χ3v) is 0.756. The van der Waals surface area contributed by atoms with Crippen LogP contribution in [0.2, 0.25) is 0 Å². The second-order valence-corrected chi connectivity index (χ2v) is 1.40. The van der Waals surface area contributed by atoms with Crippen molar-refractivity contribution in [3.63, 3.8) is 0 Å². The number of hydrogen-bond donors (Lipinski definition) is 0. The Morgan fingerprint density at radius 3 is 2.75 bits per heavy atom. The van der Waals surface area contributed by atoms with Crippen LogP contribution in [0.4, 0.5) is 0 Å². The molecule has 3 heteroatoms. The van der Waals surface area contributed by atoms with Crippen LogP contribution in [-0.2, 0) is 0 Å². The van der Waals surface area contributed by atoms with Crippen molar-refractivity contribution in [1.29, 1.82) is 0 Å². The maximum Gasteiger partial charge on any atom is 0.185 e. The summed E-state index contributed by atoms with van der Waals surface area (Å²) in [5.74, 6) is 0.266. The quantitative estimate of drug-likeness (QED) is 0.369. The molecule has 8 heavy (non-hydrogen) atoms. The molecule has 0 fully saturated rings. The fraction of sp³-hybridized carbons (Fsp3) is 0. The first kappa shape index (κ1) is 5.16. The molecule has 0 N–H and O–H groups in total. The fourth-order valence-electron chi connectivity index (χ4n) is 0.430. The molecule has 0 aliphatic rings. The molecule has 1 rings (SSSR count). The lowest BCUT2D eigenvalue weighted by atomic mass is 10.0. The minimum absolute atomic E-state index is 0.266. The molecule has 1 aromatic rings. The number of aldehydes is 1. The standard InChI is InChI=1S/C5H3BO2/c6-4-1-5(2-7)8-3-4/h1-3H. The topological polar surface area (TPSA) is 30.2 Å². The number of hydrogen-bond acceptors (Lipinski definition) is 2. The van der Waals surface area contributed by atoms with E-state index in [1.807, 2.05) is 0 Å². The van der Waals surface area contributed by atoms with Crippen molar-refractivity contribution < 1.29 is 9.21 Å². The van der Waals surface area contributed by atoms with Gasteiger partial charge in [-0.2, -0.15) is 0 Å². The molecule has 0 spiro atoms. The van der Waals surface area contributed by atoms with Gasteiger partial charge in [-0.3, -0.25) is 4.79 Å². The molecule has 0 bridgehead atoms. The van der Waals surface area contributed by atoms with E-state index in [-0.39, 0.29) is 5.76 Å². The Labute approximate surface area is 47.9 Å². The highest BCUT2D eigenvalue weighted by Gasteiger charge is 1.91. The lowest BCUT2D eigenvalue weighted by molar-refractivity contribution is 0.110. The van der Waals surface area contributed by atoms with Crippen LogP contribution in [0.1, 0.15) is 10.6 Å². The molecule has 0 unspecified atom stereocenters. The van der Waals surface area contributed by atoms with E-state index in [9.17, 15) is 4.79 Å². The molecular formula is C5H3BO2. The summed E-state index contributed by atoms with van der Waals surface area (Å²) >= 11 is 0. The van der Waals surface area contributed by atoms with Crippen molar-refractivity contribution in [2.24, 2.45) is 0 Å². The zero-order valence-corrected chi connectivity index (χ0v) is 4.13. The highest BCUT2D eigenvalue weighted by Crippen LogP contribution is 1.89. The van der Waals surface area contributed by atoms with Crippen molar-refractivity contribution >= 4 is 19.6 Å². The first-order chi connectivity index (χ1) is 3.83. The van der Waals surface area contributed by atoms with Crippen LogP contribution in [0, 0.1) is 0 Å². The summed E-state index contributed by atoms with van der Waals surface area (Å²) in [6, 6.07) is 1.47. The van der Waals surface area contributed by atoms with Crippen molar-refractivity contribution in [3.8, 4) is 0 Å². The highest BCUT2D eigenvalue weighted by atomic mass is 16.3. The van der Waals surface area contributed by atoms with Gasteiger partial charge in [0.15, 0.2) is 12.0 Å². The van der Waals surface area contributed by atoms with Crippen LogP contribution in [0.25, 0.3) is 0 Å². The second kappa shape index (κ2) is 1.86. The van der Waals surface area contributed by atoms with Gasteiger partial charge in [-0.25, -0.2) is 0 Å². The SMILES string of the molecule is [B]c1coc(C=O)c1. The van der Waals surface area contributed by atoms with E-state index >= 15 is 0 Å². The summed E-state index contributed by atoms with van der Waals surface area (Å²) in [4.78, 5) is 9.87. The summed E-state index contributed by atoms with van der Waals surface area (Å²) in [7, 11) is 5.20. The Balaban J connectivity index is 3.00. The molecule has 1 heterocycles. The van der Waals surface area contributed by atoms with Crippen LogP contribution in [0.15, 0.2) is 16.7 Å². The molecular weight excluding hydrogens is 103 g/mol. The Bertz CT molecular complexity index is 192. The summed E-state index contributed by atoms with van der Waals surface area (Å²) in [6.07, 6.45) is 1.93. The molecule has 0 aliphatic carbocycles. The molecule has 2 radical (unpaired) electrons. The monoisotopic (exact) mass is 106 g/mol. The van der Waals surface area contributed by atoms with Crippen molar-refractivity contribution in [1.82, 2.24) is 0 Å². The normalized spacial score (nSPS) is 9.00. The first-order valence-corrected chi connectivity index (χ1v) is 2.12. The Hall–Kier alpha value is -0.985. The summed E-state index contributed by atoms with van der Waals surface area (Å²) in [5, 5.41) is 0. The zero-order valence-electron chi connectivity index (χ0n) is 4.13. The van der Waals surface area contributed by atoms with Gasteiger partial charge < -0.3 is 4.42 Å². The lowest BCUT2D eigenvalue weighted by Crippen LogP contribution is -1.93. The largest absolute Gasteiger partial charge is 0.462 e. The van der Waals surface area contributed by atoms with Crippen LogP contribution >= 0.6 is 0 Å². The van der Waals surface area contributed by atoms with E-state index in [2.05, 4.69) is 4.42 Å². The van der Waals surface area contributed by atoms with Crippen LogP contribution in [-0.4, -0.2) is 14.1 Å². The van der Waals surface area contributed by atoms with Gasteiger partial charge >= 0.3 is 0 Å². The number of carbonyl (C=O) groups is 1. The van der Waals surface area contributed by atoms with Crippen LogP contribution < -0.4 is 5.46 Å². The van der Waals surface area contributed by atoms with E-state index in [0.717, 1.165) is 0 Å². The molecule has 0 amide bonds. The van der Waals surface area contributed by atoms with Gasteiger partial charge in [-0.15, -0.1) is 0 Å². The number of rotatable bonds is 1. The van der Waals surface area contributed by atoms with Gasteiger partial charge in [-0.05, 0) is 6.07 Å². The first-order valence-electron chi connectivity index (χ1n) is 2.12. The van der Waals surface area contributed by atoms with E-state index in [1.54, 1.807) is 0 Å². The Morgan fingerprint density at radius 1 is 1.75 bits per heavy atom. The number of furan rings is 1. The van der Waals surface area contributed by atoms with Gasteiger partial charge in [0, 0.05) is 0 Å². The molecule has 0 saturated heterocycles.